The summed E-state index contributed by atoms with van der Waals surface area (Å²) in [5, 5.41) is 6.48. The van der Waals surface area contributed by atoms with Crippen LogP contribution in [0, 0.1) is 11.8 Å². The van der Waals surface area contributed by atoms with Gasteiger partial charge in [-0.1, -0.05) is 12.8 Å². The average Bonchev–Trinajstić information content (AvgIpc) is 3.34. The minimum absolute atomic E-state index is 0.0590. The predicted octanol–water partition coefficient (Wildman–Crippen LogP) is 3.39. The Kier molecular flexibility index (Phi) is 5.55. The first-order valence-corrected chi connectivity index (χ1v) is 10.1. The zero-order valence-electron chi connectivity index (χ0n) is 16.6. The quantitative estimate of drug-likeness (QED) is 0.732. The van der Waals surface area contributed by atoms with Crippen LogP contribution in [0.4, 0.5) is 18.9 Å². The molecule has 1 aromatic heterocycles. The largest absolute Gasteiger partial charge is 0.416 e. The Balaban J connectivity index is 1.48. The summed E-state index contributed by atoms with van der Waals surface area (Å²) in [5.74, 6) is -1.71. The predicted molar refractivity (Wildman–Crippen MR) is 104 cm³/mol. The van der Waals surface area contributed by atoms with Crippen LogP contribution in [0.2, 0.25) is 0 Å². The van der Waals surface area contributed by atoms with E-state index < -0.39 is 17.6 Å². The van der Waals surface area contributed by atoms with Crippen molar-refractivity contribution in [2.75, 3.05) is 11.9 Å². The number of carbonyl (C=O) groups excluding carboxylic acids is 3. The molecule has 1 saturated heterocycles. The molecule has 2 atom stereocenters. The Morgan fingerprint density at radius 2 is 1.81 bits per heavy atom. The highest BCUT2D eigenvalue weighted by Crippen LogP contribution is 2.38. The molecule has 3 amide bonds. The van der Waals surface area contributed by atoms with Gasteiger partial charge in [0.2, 0.25) is 17.7 Å². The van der Waals surface area contributed by atoms with Gasteiger partial charge in [0.1, 0.15) is 0 Å². The van der Waals surface area contributed by atoms with Gasteiger partial charge in [0, 0.05) is 25.4 Å². The Morgan fingerprint density at radius 3 is 2.39 bits per heavy atom. The molecular formula is C21H21F3N4O3. The normalized spacial score (nSPS) is 21.3. The summed E-state index contributed by atoms with van der Waals surface area (Å²) in [5.41, 5.74) is -0.699. The van der Waals surface area contributed by atoms with E-state index in [0.29, 0.717) is 12.8 Å². The van der Waals surface area contributed by atoms with Crippen molar-refractivity contribution in [3.8, 4) is 5.69 Å². The van der Waals surface area contributed by atoms with E-state index in [9.17, 15) is 27.6 Å². The number of rotatable bonds is 5. The first-order valence-electron chi connectivity index (χ1n) is 10.1. The van der Waals surface area contributed by atoms with Crippen molar-refractivity contribution in [2.24, 2.45) is 11.8 Å². The van der Waals surface area contributed by atoms with Crippen molar-refractivity contribution >= 4 is 23.4 Å². The molecule has 2 aromatic rings. The van der Waals surface area contributed by atoms with Crippen molar-refractivity contribution in [3.05, 3.63) is 42.2 Å². The minimum Gasteiger partial charge on any atom is -0.324 e. The summed E-state index contributed by atoms with van der Waals surface area (Å²) in [6.07, 6.45) is 1.39. The number of carbonyl (C=O) groups is 3. The second-order valence-electron chi connectivity index (χ2n) is 7.80. The number of imide groups is 1. The second-order valence-corrected chi connectivity index (χ2v) is 7.80. The highest BCUT2D eigenvalue weighted by atomic mass is 19.4. The van der Waals surface area contributed by atoms with E-state index >= 15 is 0 Å². The molecule has 0 spiro atoms. The SMILES string of the molecule is O=C(CCN1C(=O)[C@H]2CCCC[C@H]2C1=O)Nc1cc(C(F)(F)F)ccc1-n1cccn1. The monoisotopic (exact) mass is 434 g/mol. The third-order valence-corrected chi connectivity index (χ3v) is 5.84. The highest BCUT2D eigenvalue weighted by Gasteiger charge is 2.47. The number of amides is 3. The van der Waals surface area contributed by atoms with E-state index in [1.54, 1.807) is 12.3 Å². The molecule has 2 fully saturated rings. The van der Waals surface area contributed by atoms with Crippen LogP contribution in [0.15, 0.2) is 36.7 Å². The minimum atomic E-state index is -4.58. The molecule has 1 aliphatic heterocycles. The molecule has 1 aliphatic carbocycles. The van der Waals surface area contributed by atoms with Gasteiger partial charge in [-0.3, -0.25) is 19.3 Å². The lowest BCUT2D eigenvalue weighted by Crippen LogP contribution is -2.34. The molecule has 164 valence electrons. The fourth-order valence-corrected chi connectivity index (χ4v) is 4.30. The van der Waals surface area contributed by atoms with Crippen molar-refractivity contribution in [1.82, 2.24) is 14.7 Å². The number of hydrogen-bond donors (Lipinski definition) is 1. The van der Waals surface area contributed by atoms with Crippen LogP contribution in [0.5, 0.6) is 0 Å². The molecule has 4 rings (SSSR count). The third kappa shape index (κ3) is 4.19. The number of benzene rings is 1. The molecule has 2 aliphatic rings. The molecule has 0 unspecified atom stereocenters. The molecular weight excluding hydrogens is 413 g/mol. The standard InChI is InChI=1S/C21H21F3N4O3/c22-21(23,24)13-6-7-17(28-10-3-9-25-28)16(12-13)26-18(29)8-11-27-19(30)14-4-1-2-5-15(14)20(27)31/h3,6-7,9-10,12,14-15H,1-2,4-5,8,11H2,(H,26,29)/t14-,15+. The van der Waals surface area contributed by atoms with E-state index in [1.807, 2.05) is 0 Å². The highest BCUT2D eigenvalue weighted by molar-refractivity contribution is 6.05. The zero-order chi connectivity index (χ0) is 22.2. The number of nitrogens with zero attached hydrogens (tertiary/aromatic N) is 3. The summed E-state index contributed by atoms with van der Waals surface area (Å²) in [6, 6.07) is 4.59. The molecule has 1 aromatic carbocycles. The van der Waals surface area contributed by atoms with E-state index in [-0.39, 0.29) is 48.0 Å². The molecule has 2 heterocycles. The second kappa shape index (κ2) is 8.16. The summed E-state index contributed by atoms with van der Waals surface area (Å²) in [6.45, 7) is -0.0907. The maximum absolute atomic E-state index is 13.1. The first kappa shape index (κ1) is 21.1. The Bertz CT molecular complexity index is 980. The van der Waals surface area contributed by atoms with E-state index in [2.05, 4.69) is 10.4 Å². The van der Waals surface area contributed by atoms with Crippen LogP contribution in [0.25, 0.3) is 5.69 Å². The summed E-state index contributed by atoms with van der Waals surface area (Å²) in [7, 11) is 0. The average molecular weight is 434 g/mol. The molecule has 10 heteroatoms. The van der Waals surface area contributed by atoms with Crippen LogP contribution in [0.3, 0.4) is 0 Å². The van der Waals surface area contributed by atoms with Gasteiger partial charge in [-0.25, -0.2) is 4.68 Å². The number of aromatic nitrogens is 2. The van der Waals surface area contributed by atoms with Crippen LogP contribution < -0.4 is 5.32 Å². The molecule has 1 saturated carbocycles. The number of hydrogen-bond acceptors (Lipinski definition) is 4. The Morgan fingerprint density at radius 1 is 1.13 bits per heavy atom. The van der Waals surface area contributed by atoms with Gasteiger partial charge in [0.15, 0.2) is 0 Å². The van der Waals surface area contributed by atoms with Crippen molar-refractivity contribution in [2.45, 2.75) is 38.3 Å². The van der Waals surface area contributed by atoms with E-state index in [0.717, 1.165) is 29.9 Å². The Labute approximate surface area is 176 Å². The van der Waals surface area contributed by atoms with Gasteiger partial charge in [-0.2, -0.15) is 18.3 Å². The lowest BCUT2D eigenvalue weighted by Gasteiger charge is -2.19. The number of alkyl halides is 3. The maximum atomic E-state index is 13.1. The molecule has 1 N–H and O–H groups in total. The lowest BCUT2D eigenvalue weighted by atomic mass is 9.81. The Hall–Kier alpha value is -3.17. The zero-order valence-corrected chi connectivity index (χ0v) is 16.6. The number of likely N-dealkylation sites (tertiary alicyclic amines) is 1. The summed E-state index contributed by atoms with van der Waals surface area (Å²) < 4.78 is 40.8. The molecule has 0 radical (unpaired) electrons. The van der Waals surface area contributed by atoms with Gasteiger partial charge in [0.25, 0.3) is 0 Å². The summed E-state index contributed by atoms with van der Waals surface area (Å²) >= 11 is 0. The lowest BCUT2D eigenvalue weighted by molar-refractivity contribution is -0.140. The van der Waals surface area contributed by atoms with Crippen molar-refractivity contribution in [1.29, 1.82) is 0 Å². The fourth-order valence-electron chi connectivity index (χ4n) is 4.30. The van der Waals surface area contributed by atoms with Crippen molar-refractivity contribution < 1.29 is 27.6 Å². The van der Waals surface area contributed by atoms with Gasteiger partial charge in [-0.05, 0) is 37.1 Å². The number of fused-ring (bicyclic) bond motifs is 1. The van der Waals surface area contributed by atoms with Gasteiger partial charge >= 0.3 is 6.18 Å². The summed E-state index contributed by atoms with van der Waals surface area (Å²) in [4.78, 5) is 38.7. The van der Waals surface area contributed by atoms with Crippen LogP contribution in [-0.4, -0.2) is 38.9 Å². The van der Waals surface area contributed by atoms with Crippen molar-refractivity contribution in [3.63, 3.8) is 0 Å². The molecule has 31 heavy (non-hydrogen) atoms. The third-order valence-electron chi connectivity index (χ3n) is 5.84. The number of halogens is 3. The molecule has 0 bridgehead atoms. The van der Waals surface area contributed by atoms with Gasteiger partial charge < -0.3 is 5.32 Å². The topological polar surface area (TPSA) is 84.3 Å². The molecule has 7 nitrogen and oxygen atoms in total. The van der Waals surface area contributed by atoms with Crippen LogP contribution >= 0.6 is 0 Å². The fraction of sp³-hybridized carbons (Fsp3) is 0.429. The van der Waals surface area contributed by atoms with E-state index in [1.165, 1.54) is 16.9 Å². The maximum Gasteiger partial charge on any atom is 0.416 e. The van der Waals surface area contributed by atoms with E-state index in [4.69, 9.17) is 0 Å². The number of anilines is 1. The van der Waals surface area contributed by atoms with Crippen LogP contribution in [0.1, 0.15) is 37.7 Å². The number of nitrogens with one attached hydrogen (secondary N) is 1. The van der Waals surface area contributed by atoms with Crippen LogP contribution in [-0.2, 0) is 20.6 Å². The first-order chi connectivity index (χ1) is 14.8. The smallest absolute Gasteiger partial charge is 0.324 e. The van der Waals surface area contributed by atoms with Gasteiger partial charge in [0.05, 0.1) is 28.8 Å². The van der Waals surface area contributed by atoms with Gasteiger partial charge in [-0.15, -0.1) is 0 Å².